The topological polar surface area (TPSA) is 29.3 Å². The molecule has 0 spiro atoms. The molecule has 0 atom stereocenters. The molecule has 0 rings (SSSR count). The molecule has 0 saturated heterocycles. The molecule has 2 nitrogen and oxygen atoms in total. The molecule has 11 heavy (non-hydrogen) atoms. The summed E-state index contributed by atoms with van der Waals surface area (Å²) < 4.78 is 0. The van der Waals surface area contributed by atoms with Gasteiger partial charge in [0.2, 0.25) is 0 Å². The fourth-order valence-corrected chi connectivity index (χ4v) is 1.59. The van der Waals surface area contributed by atoms with Gasteiger partial charge >= 0.3 is 0 Å². The summed E-state index contributed by atoms with van der Waals surface area (Å²) in [6.45, 7) is 9.99. The highest BCUT2D eigenvalue weighted by atomic mass is 32.2. The lowest BCUT2D eigenvalue weighted by molar-refractivity contribution is 0.187. The molecule has 0 aromatic rings. The van der Waals surface area contributed by atoms with Gasteiger partial charge in [-0.05, 0) is 27.7 Å². The number of nitrogens with two attached hydrogens (primary N) is 1. The molecule has 0 aromatic heterocycles. The van der Waals surface area contributed by atoms with Crippen LogP contribution < -0.4 is 5.14 Å². The second kappa shape index (κ2) is 5.86. The molecule has 2 N–H and O–H groups in total. The van der Waals surface area contributed by atoms with Crippen LogP contribution in [0.5, 0.6) is 0 Å². The van der Waals surface area contributed by atoms with E-state index in [2.05, 4.69) is 32.6 Å². The molecular weight excluding hydrogens is 156 g/mol. The SMILES string of the molecule is CC(C)N(CCSN)C(C)C. The van der Waals surface area contributed by atoms with Gasteiger partial charge in [0.25, 0.3) is 0 Å². The highest BCUT2D eigenvalue weighted by Gasteiger charge is 2.11. The third-order valence-electron chi connectivity index (χ3n) is 1.79. The smallest absolute Gasteiger partial charge is 0.0205 e. The van der Waals surface area contributed by atoms with E-state index in [9.17, 15) is 0 Å². The molecule has 0 saturated carbocycles. The molecule has 0 bridgehead atoms. The molecule has 0 amide bonds. The molecule has 0 aliphatic carbocycles. The maximum absolute atomic E-state index is 5.37. The summed E-state index contributed by atoms with van der Waals surface area (Å²) in [5.41, 5.74) is 0. The minimum Gasteiger partial charge on any atom is -0.298 e. The van der Waals surface area contributed by atoms with Crippen molar-refractivity contribution < 1.29 is 0 Å². The van der Waals surface area contributed by atoms with E-state index in [0.29, 0.717) is 12.1 Å². The van der Waals surface area contributed by atoms with Crippen LogP contribution in [0.25, 0.3) is 0 Å². The number of hydrogen-bond donors (Lipinski definition) is 1. The highest BCUT2D eigenvalue weighted by molar-refractivity contribution is 7.97. The Kier molecular flexibility index (Phi) is 6.01. The van der Waals surface area contributed by atoms with Crippen LogP contribution in [0.2, 0.25) is 0 Å². The van der Waals surface area contributed by atoms with Crippen LogP contribution in [-0.2, 0) is 0 Å². The Labute approximate surface area is 74.7 Å². The van der Waals surface area contributed by atoms with E-state index in [1.165, 1.54) is 11.9 Å². The monoisotopic (exact) mass is 176 g/mol. The van der Waals surface area contributed by atoms with Crippen molar-refractivity contribution in [1.29, 1.82) is 0 Å². The Bertz CT molecular complexity index is 86.1. The van der Waals surface area contributed by atoms with E-state index in [-0.39, 0.29) is 0 Å². The van der Waals surface area contributed by atoms with Gasteiger partial charge in [0.15, 0.2) is 0 Å². The Morgan fingerprint density at radius 1 is 1.18 bits per heavy atom. The first kappa shape index (κ1) is 11.3. The fraction of sp³-hybridized carbons (Fsp3) is 1.00. The minimum atomic E-state index is 0.627. The molecule has 0 aliphatic heterocycles. The zero-order valence-electron chi connectivity index (χ0n) is 8.00. The number of hydrogen-bond acceptors (Lipinski definition) is 3. The average Bonchev–Trinajstić information content (AvgIpc) is 1.87. The lowest BCUT2D eigenvalue weighted by atomic mass is 10.2. The third kappa shape index (κ3) is 4.67. The lowest BCUT2D eigenvalue weighted by Gasteiger charge is -2.29. The first-order valence-electron chi connectivity index (χ1n) is 4.17. The first-order chi connectivity index (χ1) is 5.09. The van der Waals surface area contributed by atoms with Gasteiger partial charge in [-0.3, -0.25) is 10.0 Å². The summed E-state index contributed by atoms with van der Waals surface area (Å²) in [7, 11) is 0. The van der Waals surface area contributed by atoms with Crippen molar-refractivity contribution in [3.63, 3.8) is 0 Å². The number of rotatable bonds is 5. The molecule has 0 fully saturated rings. The van der Waals surface area contributed by atoms with E-state index in [1.54, 1.807) is 0 Å². The van der Waals surface area contributed by atoms with Crippen LogP contribution >= 0.6 is 11.9 Å². The predicted octanol–water partition coefficient (Wildman–Crippen LogP) is 1.71. The summed E-state index contributed by atoms with van der Waals surface area (Å²) in [4.78, 5) is 2.44. The van der Waals surface area contributed by atoms with Crippen LogP contribution in [-0.4, -0.2) is 29.3 Å². The van der Waals surface area contributed by atoms with Gasteiger partial charge in [-0.2, -0.15) is 0 Å². The molecule has 0 unspecified atom stereocenters. The van der Waals surface area contributed by atoms with Crippen molar-refractivity contribution in [1.82, 2.24) is 4.90 Å². The Morgan fingerprint density at radius 3 is 1.91 bits per heavy atom. The molecular formula is C8H20N2S. The van der Waals surface area contributed by atoms with Crippen LogP contribution in [0.15, 0.2) is 0 Å². The van der Waals surface area contributed by atoms with Crippen molar-refractivity contribution >= 4 is 11.9 Å². The fourth-order valence-electron chi connectivity index (χ4n) is 1.27. The van der Waals surface area contributed by atoms with Crippen molar-refractivity contribution in [3.05, 3.63) is 0 Å². The van der Waals surface area contributed by atoms with Gasteiger partial charge in [-0.1, -0.05) is 11.9 Å². The van der Waals surface area contributed by atoms with Gasteiger partial charge in [-0.25, -0.2) is 0 Å². The van der Waals surface area contributed by atoms with Gasteiger partial charge in [0.05, 0.1) is 0 Å². The largest absolute Gasteiger partial charge is 0.298 e. The summed E-state index contributed by atoms with van der Waals surface area (Å²) in [5, 5.41) is 5.37. The normalized spacial score (nSPS) is 12.0. The Morgan fingerprint density at radius 2 is 1.64 bits per heavy atom. The Hall–Kier alpha value is 0.270. The van der Waals surface area contributed by atoms with Crippen molar-refractivity contribution in [2.45, 2.75) is 39.8 Å². The van der Waals surface area contributed by atoms with Gasteiger partial charge in [-0.15, -0.1) is 0 Å². The maximum Gasteiger partial charge on any atom is 0.0205 e. The van der Waals surface area contributed by atoms with E-state index >= 15 is 0 Å². The molecule has 0 aliphatic rings. The lowest BCUT2D eigenvalue weighted by Crippen LogP contribution is -2.38. The first-order valence-corrected chi connectivity index (χ1v) is 5.22. The second-order valence-corrected chi connectivity index (χ2v) is 4.04. The van der Waals surface area contributed by atoms with Crippen LogP contribution in [0.4, 0.5) is 0 Å². The summed E-state index contributed by atoms with van der Waals surface area (Å²) >= 11 is 1.42. The average molecular weight is 176 g/mol. The summed E-state index contributed by atoms with van der Waals surface area (Å²) in [6.07, 6.45) is 0. The van der Waals surface area contributed by atoms with Crippen LogP contribution in [0.3, 0.4) is 0 Å². The quantitative estimate of drug-likeness (QED) is 0.647. The van der Waals surface area contributed by atoms with Crippen LogP contribution in [0, 0.1) is 0 Å². The standard InChI is InChI=1S/C8H20N2S/c1-7(2)10(8(3)4)5-6-11-9/h7-8H,5-6,9H2,1-4H3. The zero-order valence-corrected chi connectivity index (χ0v) is 8.82. The van der Waals surface area contributed by atoms with Gasteiger partial charge in [0.1, 0.15) is 0 Å². The molecule has 0 radical (unpaired) electrons. The Balaban J connectivity index is 3.70. The molecule has 0 aromatic carbocycles. The van der Waals surface area contributed by atoms with Crippen molar-refractivity contribution in [2.75, 3.05) is 12.3 Å². The van der Waals surface area contributed by atoms with E-state index in [0.717, 1.165) is 12.3 Å². The number of nitrogens with zero attached hydrogens (tertiary/aromatic N) is 1. The summed E-state index contributed by atoms with van der Waals surface area (Å²) in [5.74, 6) is 1.02. The van der Waals surface area contributed by atoms with Gasteiger partial charge < -0.3 is 0 Å². The summed E-state index contributed by atoms with van der Waals surface area (Å²) in [6, 6.07) is 1.25. The maximum atomic E-state index is 5.37. The molecule has 3 heteroatoms. The molecule has 0 heterocycles. The van der Waals surface area contributed by atoms with Crippen molar-refractivity contribution in [3.8, 4) is 0 Å². The predicted molar refractivity (Wildman–Crippen MR) is 53.6 cm³/mol. The van der Waals surface area contributed by atoms with Crippen molar-refractivity contribution in [2.24, 2.45) is 5.14 Å². The molecule has 68 valence electrons. The zero-order chi connectivity index (χ0) is 8.85. The van der Waals surface area contributed by atoms with E-state index in [1.807, 2.05) is 0 Å². The minimum absolute atomic E-state index is 0.627. The van der Waals surface area contributed by atoms with Crippen LogP contribution in [0.1, 0.15) is 27.7 Å². The second-order valence-electron chi connectivity index (χ2n) is 3.30. The highest BCUT2D eigenvalue weighted by Crippen LogP contribution is 2.05. The van der Waals surface area contributed by atoms with E-state index in [4.69, 9.17) is 5.14 Å². The van der Waals surface area contributed by atoms with E-state index < -0.39 is 0 Å². The third-order valence-corrected chi connectivity index (χ3v) is 2.21. The van der Waals surface area contributed by atoms with Gasteiger partial charge in [0, 0.05) is 24.4 Å².